The molecule has 0 aromatic rings. The molecule has 0 aromatic carbocycles. The summed E-state index contributed by atoms with van der Waals surface area (Å²) in [5.74, 6) is 0. The van der Waals surface area contributed by atoms with Crippen molar-refractivity contribution in [2.24, 2.45) is 0 Å². The van der Waals surface area contributed by atoms with Crippen LogP contribution < -0.4 is 5.32 Å². The third-order valence-electron chi connectivity index (χ3n) is 2.55. The minimum atomic E-state index is 0.906. The van der Waals surface area contributed by atoms with Crippen LogP contribution in [-0.4, -0.2) is 26.3 Å². The number of unbranched alkanes of at least 4 members (excludes halogenated alkanes) is 4. The highest BCUT2D eigenvalue weighted by atomic mass is 16.5. The van der Waals surface area contributed by atoms with E-state index in [-0.39, 0.29) is 0 Å². The Morgan fingerprint density at radius 2 is 1.75 bits per heavy atom. The first-order valence-corrected chi connectivity index (χ1v) is 6.81. The standard InChI is InChI=1S/C14H29NO/c1-3-5-7-8-9-11-15-12-10-14-16-13-6-4-2/h3,15H,1,4-14H2,2H3. The Bertz CT molecular complexity index is 137. The van der Waals surface area contributed by atoms with Gasteiger partial charge >= 0.3 is 0 Å². The molecule has 0 saturated heterocycles. The number of nitrogens with one attached hydrogen (secondary N) is 1. The minimum absolute atomic E-state index is 0.906. The molecular formula is C14H29NO. The highest BCUT2D eigenvalue weighted by molar-refractivity contribution is 4.65. The van der Waals surface area contributed by atoms with Crippen LogP contribution in [0.25, 0.3) is 0 Å². The lowest BCUT2D eigenvalue weighted by Gasteiger charge is -2.05. The molecule has 0 atom stereocenters. The highest BCUT2D eigenvalue weighted by Crippen LogP contribution is 1.98. The minimum Gasteiger partial charge on any atom is -0.381 e. The lowest BCUT2D eigenvalue weighted by Crippen LogP contribution is -2.18. The third kappa shape index (κ3) is 13.7. The van der Waals surface area contributed by atoms with Gasteiger partial charge < -0.3 is 10.1 Å². The van der Waals surface area contributed by atoms with Crippen molar-refractivity contribution in [2.45, 2.75) is 51.9 Å². The molecule has 0 bridgehead atoms. The zero-order valence-electron chi connectivity index (χ0n) is 11.0. The average molecular weight is 227 g/mol. The predicted molar refractivity (Wildman–Crippen MR) is 71.9 cm³/mol. The van der Waals surface area contributed by atoms with Gasteiger partial charge in [-0.2, -0.15) is 0 Å². The number of rotatable bonds is 13. The van der Waals surface area contributed by atoms with Crippen LogP contribution in [0.1, 0.15) is 51.9 Å². The molecule has 16 heavy (non-hydrogen) atoms. The molecule has 0 aromatic heterocycles. The fraction of sp³-hybridized carbons (Fsp3) is 0.857. The van der Waals surface area contributed by atoms with Crippen molar-refractivity contribution in [3.63, 3.8) is 0 Å². The van der Waals surface area contributed by atoms with E-state index in [1.165, 1.54) is 32.1 Å². The van der Waals surface area contributed by atoms with Gasteiger partial charge in [0.1, 0.15) is 0 Å². The number of allylic oxidation sites excluding steroid dienone is 1. The maximum atomic E-state index is 5.48. The molecule has 0 heterocycles. The first-order chi connectivity index (χ1) is 7.91. The molecule has 1 N–H and O–H groups in total. The van der Waals surface area contributed by atoms with Crippen LogP contribution in [-0.2, 0) is 4.74 Å². The monoisotopic (exact) mass is 227 g/mol. The fourth-order valence-corrected chi connectivity index (χ4v) is 1.49. The van der Waals surface area contributed by atoms with Crippen LogP contribution in [0.4, 0.5) is 0 Å². The van der Waals surface area contributed by atoms with Crippen molar-refractivity contribution in [1.29, 1.82) is 0 Å². The van der Waals surface area contributed by atoms with Crippen LogP contribution in [0.3, 0.4) is 0 Å². The lowest BCUT2D eigenvalue weighted by atomic mass is 10.2. The van der Waals surface area contributed by atoms with Crippen molar-refractivity contribution < 1.29 is 4.74 Å². The number of hydrogen-bond donors (Lipinski definition) is 1. The van der Waals surface area contributed by atoms with Crippen molar-refractivity contribution in [2.75, 3.05) is 26.3 Å². The molecule has 0 aliphatic carbocycles. The van der Waals surface area contributed by atoms with Crippen LogP contribution in [0.2, 0.25) is 0 Å². The van der Waals surface area contributed by atoms with Crippen LogP contribution in [0, 0.1) is 0 Å². The summed E-state index contributed by atoms with van der Waals surface area (Å²) in [6.45, 7) is 9.98. The quantitative estimate of drug-likeness (QED) is 0.384. The van der Waals surface area contributed by atoms with Crippen molar-refractivity contribution in [1.82, 2.24) is 5.32 Å². The zero-order chi connectivity index (χ0) is 11.9. The topological polar surface area (TPSA) is 21.3 Å². The maximum Gasteiger partial charge on any atom is 0.0478 e. The Balaban J connectivity index is 2.85. The van der Waals surface area contributed by atoms with Crippen LogP contribution >= 0.6 is 0 Å². The Hall–Kier alpha value is -0.340. The maximum absolute atomic E-state index is 5.48. The Labute approximate surface area is 101 Å². The van der Waals surface area contributed by atoms with Gasteiger partial charge in [-0.25, -0.2) is 0 Å². The van der Waals surface area contributed by atoms with E-state index < -0.39 is 0 Å². The Morgan fingerprint density at radius 1 is 1.00 bits per heavy atom. The van der Waals surface area contributed by atoms with Crippen molar-refractivity contribution in [3.8, 4) is 0 Å². The zero-order valence-corrected chi connectivity index (χ0v) is 11.0. The second-order valence-corrected chi connectivity index (χ2v) is 4.21. The summed E-state index contributed by atoms with van der Waals surface area (Å²) in [5, 5.41) is 3.45. The molecule has 0 rings (SSSR count). The van der Waals surface area contributed by atoms with Crippen molar-refractivity contribution in [3.05, 3.63) is 12.7 Å². The normalized spacial score (nSPS) is 10.6. The molecule has 0 unspecified atom stereocenters. The molecule has 2 heteroatoms. The van der Waals surface area contributed by atoms with Gasteiger partial charge in [-0.15, -0.1) is 6.58 Å². The van der Waals surface area contributed by atoms with Gasteiger partial charge in [-0.3, -0.25) is 0 Å². The summed E-state index contributed by atoms with van der Waals surface area (Å²) in [6, 6.07) is 0. The summed E-state index contributed by atoms with van der Waals surface area (Å²) in [7, 11) is 0. The highest BCUT2D eigenvalue weighted by Gasteiger charge is 1.90. The molecule has 2 nitrogen and oxygen atoms in total. The predicted octanol–water partition coefficient (Wildman–Crippen LogP) is 3.53. The molecule has 0 fully saturated rings. The van der Waals surface area contributed by atoms with E-state index in [1.54, 1.807) is 0 Å². The van der Waals surface area contributed by atoms with Crippen molar-refractivity contribution >= 4 is 0 Å². The van der Waals surface area contributed by atoms with E-state index in [2.05, 4.69) is 18.8 Å². The average Bonchev–Trinajstić information content (AvgIpc) is 2.31. The lowest BCUT2D eigenvalue weighted by molar-refractivity contribution is 0.129. The summed E-state index contributed by atoms with van der Waals surface area (Å²) in [5.41, 5.74) is 0. The molecule has 0 spiro atoms. The van der Waals surface area contributed by atoms with E-state index in [0.717, 1.165) is 39.1 Å². The van der Waals surface area contributed by atoms with E-state index in [9.17, 15) is 0 Å². The van der Waals surface area contributed by atoms with Gasteiger partial charge in [-0.05, 0) is 45.2 Å². The van der Waals surface area contributed by atoms with E-state index in [1.807, 2.05) is 6.08 Å². The smallest absolute Gasteiger partial charge is 0.0478 e. The molecule has 0 saturated carbocycles. The van der Waals surface area contributed by atoms with E-state index >= 15 is 0 Å². The number of hydrogen-bond acceptors (Lipinski definition) is 2. The van der Waals surface area contributed by atoms with Gasteiger partial charge in [0.2, 0.25) is 0 Å². The van der Waals surface area contributed by atoms with Gasteiger partial charge in [-0.1, -0.05) is 25.8 Å². The fourth-order valence-electron chi connectivity index (χ4n) is 1.49. The molecular weight excluding hydrogens is 198 g/mol. The Morgan fingerprint density at radius 3 is 2.50 bits per heavy atom. The van der Waals surface area contributed by atoms with Gasteiger partial charge in [0.15, 0.2) is 0 Å². The summed E-state index contributed by atoms with van der Waals surface area (Å²) < 4.78 is 5.48. The Kier molecular flexibility index (Phi) is 14.3. The van der Waals surface area contributed by atoms with Gasteiger partial charge in [0.25, 0.3) is 0 Å². The van der Waals surface area contributed by atoms with Gasteiger partial charge in [0.05, 0.1) is 0 Å². The molecule has 0 aliphatic heterocycles. The first kappa shape index (κ1) is 15.7. The molecule has 96 valence electrons. The molecule has 0 radical (unpaired) electrons. The molecule has 0 amide bonds. The second kappa shape index (κ2) is 14.7. The summed E-state index contributed by atoms with van der Waals surface area (Å²) in [6.07, 6.45) is 10.6. The summed E-state index contributed by atoms with van der Waals surface area (Å²) in [4.78, 5) is 0. The first-order valence-electron chi connectivity index (χ1n) is 6.81. The van der Waals surface area contributed by atoms with Crippen LogP contribution in [0.15, 0.2) is 12.7 Å². The third-order valence-corrected chi connectivity index (χ3v) is 2.55. The second-order valence-electron chi connectivity index (χ2n) is 4.21. The largest absolute Gasteiger partial charge is 0.381 e. The number of ether oxygens (including phenoxy) is 1. The van der Waals surface area contributed by atoms with E-state index in [0.29, 0.717) is 0 Å². The molecule has 0 aliphatic rings. The van der Waals surface area contributed by atoms with Crippen LogP contribution in [0.5, 0.6) is 0 Å². The SMILES string of the molecule is C=CCCCCCNCCCOCCCC. The van der Waals surface area contributed by atoms with E-state index in [4.69, 9.17) is 4.74 Å². The summed E-state index contributed by atoms with van der Waals surface area (Å²) >= 11 is 0. The van der Waals surface area contributed by atoms with Gasteiger partial charge in [0, 0.05) is 13.2 Å².